The number of terminal acetylenes is 1. The zero-order chi connectivity index (χ0) is 25.3. The van der Waals surface area contributed by atoms with E-state index in [1.807, 2.05) is 46.8 Å². The van der Waals surface area contributed by atoms with Crippen molar-refractivity contribution in [2.24, 2.45) is 5.92 Å². The van der Waals surface area contributed by atoms with E-state index in [1.165, 1.54) is 0 Å². The minimum atomic E-state index is -1.04. The number of alkyl carbamates (subject to hydrolysis) is 1. The van der Waals surface area contributed by atoms with Gasteiger partial charge in [-0.3, -0.25) is 14.5 Å². The molecule has 33 heavy (non-hydrogen) atoms. The maximum absolute atomic E-state index is 13.6. The third-order valence-corrected chi connectivity index (χ3v) is 4.71. The van der Waals surface area contributed by atoms with E-state index in [1.54, 1.807) is 32.9 Å². The molecule has 182 valence electrons. The zero-order valence-electron chi connectivity index (χ0n) is 21.2. The van der Waals surface area contributed by atoms with Crippen molar-refractivity contribution in [3.05, 3.63) is 35.4 Å². The first-order valence-corrected chi connectivity index (χ1v) is 11.5. The van der Waals surface area contributed by atoms with Gasteiger partial charge in [-0.2, -0.15) is 0 Å². The van der Waals surface area contributed by atoms with Crippen LogP contribution in [0.3, 0.4) is 0 Å². The van der Waals surface area contributed by atoms with Crippen molar-refractivity contribution >= 4 is 17.9 Å². The van der Waals surface area contributed by atoms with Crippen LogP contribution in [0.25, 0.3) is 0 Å². The summed E-state index contributed by atoms with van der Waals surface area (Å²) in [5.41, 5.74) is 0.976. The van der Waals surface area contributed by atoms with Crippen molar-refractivity contribution in [2.75, 3.05) is 0 Å². The van der Waals surface area contributed by atoms with Gasteiger partial charge in [0.05, 0.1) is 0 Å². The molecule has 1 aromatic rings. The van der Waals surface area contributed by atoms with E-state index in [2.05, 4.69) is 16.7 Å². The summed E-state index contributed by atoms with van der Waals surface area (Å²) in [5.74, 6) is -0.845. The standard InChI is InChI=1S/C26H39N3O4/c1-10-19-12-14-20(15-13-19)22(23(30)27-18(5)6)29(11-2)24(31)21(16-17(3)4)28-25(32)33-26(7,8)9/h2,12-15,17-18,21-22H,10,16H2,1,3-9H3,(H,27,30)(H,28,32). The molecule has 2 N–H and O–H groups in total. The quantitative estimate of drug-likeness (QED) is 0.430. The maximum Gasteiger partial charge on any atom is 0.408 e. The number of aryl methyl sites for hydroxylation is 1. The molecule has 0 saturated carbocycles. The molecule has 0 aliphatic carbocycles. The van der Waals surface area contributed by atoms with Gasteiger partial charge in [-0.05, 0) is 64.5 Å². The molecular formula is C26H39N3O4. The minimum Gasteiger partial charge on any atom is -0.444 e. The van der Waals surface area contributed by atoms with Gasteiger partial charge in [0.25, 0.3) is 5.91 Å². The largest absolute Gasteiger partial charge is 0.444 e. The molecule has 7 heteroatoms. The Kier molecular flexibility index (Phi) is 10.4. The number of nitrogens with zero attached hydrogens (tertiary/aromatic N) is 1. The van der Waals surface area contributed by atoms with Gasteiger partial charge in [0, 0.05) is 12.1 Å². The lowest BCUT2D eigenvalue weighted by Crippen LogP contribution is -2.52. The molecule has 2 unspecified atom stereocenters. The third-order valence-electron chi connectivity index (χ3n) is 4.71. The Bertz CT molecular complexity index is 848. The lowest BCUT2D eigenvalue weighted by Gasteiger charge is -2.31. The highest BCUT2D eigenvalue weighted by Crippen LogP contribution is 2.24. The molecule has 0 aliphatic heterocycles. The lowest BCUT2D eigenvalue weighted by molar-refractivity contribution is -0.139. The molecule has 0 saturated heterocycles. The van der Waals surface area contributed by atoms with Crippen LogP contribution in [0.2, 0.25) is 0 Å². The lowest BCUT2D eigenvalue weighted by atomic mass is 9.98. The first-order valence-electron chi connectivity index (χ1n) is 11.5. The van der Waals surface area contributed by atoms with Crippen LogP contribution in [-0.2, 0) is 20.7 Å². The highest BCUT2D eigenvalue weighted by atomic mass is 16.6. The molecule has 0 bridgehead atoms. The van der Waals surface area contributed by atoms with Crippen LogP contribution in [0.4, 0.5) is 4.79 Å². The third kappa shape index (κ3) is 9.17. The molecule has 0 aromatic heterocycles. The molecule has 7 nitrogen and oxygen atoms in total. The maximum atomic E-state index is 13.6. The number of nitrogens with one attached hydrogen (secondary N) is 2. The van der Waals surface area contributed by atoms with Crippen LogP contribution in [0.5, 0.6) is 0 Å². The van der Waals surface area contributed by atoms with Crippen molar-refractivity contribution < 1.29 is 19.1 Å². The van der Waals surface area contributed by atoms with E-state index in [0.717, 1.165) is 16.9 Å². The Labute approximate surface area is 198 Å². The summed E-state index contributed by atoms with van der Waals surface area (Å²) in [6.07, 6.45) is 6.24. The van der Waals surface area contributed by atoms with Crippen LogP contribution < -0.4 is 10.6 Å². The molecule has 0 spiro atoms. The molecular weight excluding hydrogens is 418 g/mol. The monoisotopic (exact) mass is 457 g/mol. The summed E-state index contributed by atoms with van der Waals surface area (Å²) in [7, 11) is 0. The van der Waals surface area contributed by atoms with Crippen molar-refractivity contribution in [3.63, 3.8) is 0 Å². The second kappa shape index (κ2) is 12.3. The van der Waals surface area contributed by atoms with Gasteiger partial charge >= 0.3 is 6.09 Å². The highest BCUT2D eigenvalue weighted by molar-refractivity contribution is 5.93. The van der Waals surface area contributed by atoms with E-state index in [-0.39, 0.29) is 17.9 Å². The predicted octanol–water partition coefficient (Wildman–Crippen LogP) is 4.17. The summed E-state index contributed by atoms with van der Waals surface area (Å²) in [6, 6.07) is 7.70. The Balaban J connectivity index is 3.35. The summed E-state index contributed by atoms with van der Waals surface area (Å²) in [5, 5.41) is 5.49. The molecule has 2 atom stereocenters. The van der Waals surface area contributed by atoms with Crippen molar-refractivity contribution in [1.29, 1.82) is 0 Å². The predicted molar refractivity (Wildman–Crippen MR) is 130 cm³/mol. The van der Waals surface area contributed by atoms with Crippen molar-refractivity contribution in [1.82, 2.24) is 15.5 Å². The first kappa shape index (κ1) is 28.0. The number of amides is 3. The molecule has 1 rings (SSSR count). The van der Waals surface area contributed by atoms with Crippen LogP contribution >= 0.6 is 0 Å². The Hall–Kier alpha value is -3.01. The second-order valence-corrected chi connectivity index (χ2v) is 9.83. The Morgan fingerprint density at radius 3 is 2.06 bits per heavy atom. The summed E-state index contributed by atoms with van der Waals surface area (Å²) < 4.78 is 5.33. The second-order valence-electron chi connectivity index (χ2n) is 9.83. The fraction of sp³-hybridized carbons (Fsp3) is 0.577. The molecule has 0 fully saturated rings. The average molecular weight is 458 g/mol. The summed E-state index contributed by atoms with van der Waals surface area (Å²) in [6.45, 7) is 14.8. The first-order chi connectivity index (χ1) is 15.3. The van der Waals surface area contributed by atoms with E-state index in [0.29, 0.717) is 12.0 Å². The SMILES string of the molecule is C#CN(C(=O)C(CC(C)C)NC(=O)OC(C)(C)C)C(C(=O)NC(C)C)c1ccc(CC)cc1. The van der Waals surface area contributed by atoms with Crippen LogP contribution in [0.1, 0.15) is 79.0 Å². The summed E-state index contributed by atoms with van der Waals surface area (Å²) in [4.78, 5) is 40.2. The molecule has 0 radical (unpaired) electrons. The number of hydrogen-bond acceptors (Lipinski definition) is 4. The number of hydrogen-bond donors (Lipinski definition) is 2. The topological polar surface area (TPSA) is 87.7 Å². The zero-order valence-corrected chi connectivity index (χ0v) is 21.2. The molecule has 0 heterocycles. The molecule has 3 amide bonds. The van der Waals surface area contributed by atoms with E-state index < -0.39 is 29.7 Å². The average Bonchev–Trinajstić information content (AvgIpc) is 2.68. The normalized spacial score (nSPS) is 13.1. The fourth-order valence-electron chi connectivity index (χ4n) is 3.29. The number of carbonyl (C=O) groups excluding carboxylic acids is 3. The van der Waals surface area contributed by atoms with Gasteiger partial charge < -0.3 is 15.4 Å². The van der Waals surface area contributed by atoms with E-state index in [4.69, 9.17) is 11.2 Å². The van der Waals surface area contributed by atoms with Crippen molar-refractivity contribution in [3.8, 4) is 12.5 Å². The van der Waals surface area contributed by atoms with Crippen LogP contribution in [0, 0.1) is 18.4 Å². The fourth-order valence-corrected chi connectivity index (χ4v) is 3.29. The van der Waals surface area contributed by atoms with Gasteiger partial charge in [0.15, 0.2) is 0 Å². The van der Waals surface area contributed by atoms with Crippen molar-refractivity contribution in [2.45, 2.75) is 92.0 Å². The Morgan fingerprint density at radius 1 is 1.06 bits per heavy atom. The van der Waals surface area contributed by atoms with Gasteiger partial charge in [-0.25, -0.2) is 4.79 Å². The van der Waals surface area contributed by atoms with Crippen LogP contribution in [-0.4, -0.2) is 40.5 Å². The molecule has 0 aliphatic rings. The molecule has 1 aromatic carbocycles. The van der Waals surface area contributed by atoms with Crippen LogP contribution in [0.15, 0.2) is 24.3 Å². The van der Waals surface area contributed by atoms with E-state index >= 15 is 0 Å². The van der Waals surface area contributed by atoms with Gasteiger partial charge in [-0.15, -0.1) is 0 Å². The number of ether oxygens (including phenoxy) is 1. The smallest absolute Gasteiger partial charge is 0.408 e. The highest BCUT2D eigenvalue weighted by Gasteiger charge is 2.36. The van der Waals surface area contributed by atoms with Gasteiger partial charge in [0.2, 0.25) is 5.91 Å². The summed E-state index contributed by atoms with van der Waals surface area (Å²) >= 11 is 0. The van der Waals surface area contributed by atoms with Gasteiger partial charge in [0.1, 0.15) is 17.7 Å². The minimum absolute atomic E-state index is 0.0836. The number of benzene rings is 1. The Morgan fingerprint density at radius 2 is 1.64 bits per heavy atom. The van der Waals surface area contributed by atoms with Gasteiger partial charge in [-0.1, -0.05) is 51.5 Å². The van der Waals surface area contributed by atoms with E-state index in [9.17, 15) is 14.4 Å². The number of rotatable bonds is 9. The number of carbonyl (C=O) groups is 3.